The van der Waals surface area contributed by atoms with Gasteiger partial charge in [-0.15, -0.1) is 0 Å². The number of ether oxygens (including phenoxy) is 1. The van der Waals surface area contributed by atoms with E-state index >= 15 is 0 Å². The van der Waals surface area contributed by atoms with Gasteiger partial charge in [0.1, 0.15) is 0 Å². The quantitative estimate of drug-likeness (QED) is 0.827. The van der Waals surface area contributed by atoms with E-state index in [2.05, 4.69) is 15.0 Å². The van der Waals surface area contributed by atoms with Crippen LogP contribution in [0.3, 0.4) is 0 Å². The molecule has 0 aliphatic rings. The zero-order chi connectivity index (χ0) is 13.2. The van der Waals surface area contributed by atoms with Gasteiger partial charge in [-0.3, -0.25) is 4.98 Å². The number of alkyl halides is 3. The minimum atomic E-state index is -4.39. The fraction of sp³-hybridized carbons (Fsp3) is 0.182. The van der Waals surface area contributed by atoms with Crippen LogP contribution in [0.4, 0.5) is 13.2 Å². The zero-order valence-electron chi connectivity index (χ0n) is 9.27. The fourth-order valence-corrected chi connectivity index (χ4v) is 1.29. The third-order valence-electron chi connectivity index (χ3n) is 2.20. The number of hydrogen-bond acceptors (Lipinski definition) is 4. The maximum Gasteiger partial charge on any atom is 0.417 e. The number of rotatable bonds is 2. The first-order valence-corrected chi connectivity index (χ1v) is 4.90. The van der Waals surface area contributed by atoms with Gasteiger partial charge in [0.2, 0.25) is 0 Å². The van der Waals surface area contributed by atoms with Gasteiger partial charge < -0.3 is 4.74 Å². The lowest BCUT2D eigenvalue weighted by molar-refractivity contribution is -0.137. The van der Waals surface area contributed by atoms with E-state index in [4.69, 9.17) is 4.74 Å². The predicted molar refractivity (Wildman–Crippen MR) is 56.8 cm³/mol. The molecule has 2 aromatic rings. The van der Waals surface area contributed by atoms with Crippen LogP contribution in [-0.2, 0) is 6.18 Å². The number of pyridine rings is 1. The van der Waals surface area contributed by atoms with E-state index in [1.54, 1.807) is 0 Å². The summed E-state index contributed by atoms with van der Waals surface area (Å²) < 4.78 is 41.8. The monoisotopic (exact) mass is 255 g/mol. The van der Waals surface area contributed by atoms with Gasteiger partial charge in [-0.1, -0.05) is 0 Å². The van der Waals surface area contributed by atoms with E-state index in [0.717, 1.165) is 12.3 Å². The van der Waals surface area contributed by atoms with Crippen molar-refractivity contribution in [3.05, 3.63) is 36.3 Å². The van der Waals surface area contributed by atoms with E-state index in [1.165, 1.54) is 25.6 Å². The molecule has 0 aromatic carbocycles. The second kappa shape index (κ2) is 4.59. The van der Waals surface area contributed by atoms with Crippen LogP contribution in [-0.4, -0.2) is 22.1 Å². The molecule has 0 aliphatic heterocycles. The number of halogens is 3. The Labute approximate surface area is 100 Å². The van der Waals surface area contributed by atoms with Crippen LogP contribution in [0.5, 0.6) is 6.01 Å². The van der Waals surface area contributed by atoms with Crippen molar-refractivity contribution in [1.82, 2.24) is 15.0 Å². The summed E-state index contributed by atoms with van der Waals surface area (Å²) in [5, 5.41) is 0. The van der Waals surface area contributed by atoms with Crippen LogP contribution in [0.1, 0.15) is 5.56 Å². The average Bonchev–Trinajstić information content (AvgIpc) is 2.38. The second-order valence-electron chi connectivity index (χ2n) is 3.39. The highest BCUT2D eigenvalue weighted by Gasteiger charge is 2.30. The van der Waals surface area contributed by atoms with Crippen LogP contribution in [0.2, 0.25) is 0 Å². The van der Waals surface area contributed by atoms with Gasteiger partial charge in [-0.25, -0.2) is 9.97 Å². The molecule has 94 valence electrons. The zero-order valence-corrected chi connectivity index (χ0v) is 9.27. The Morgan fingerprint density at radius 2 is 1.67 bits per heavy atom. The van der Waals surface area contributed by atoms with Crippen LogP contribution in [0.15, 0.2) is 30.7 Å². The minimum Gasteiger partial charge on any atom is -0.467 e. The first-order valence-electron chi connectivity index (χ1n) is 4.90. The third-order valence-corrected chi connectivity index (χ3v) is 2.20. The molecule has 0 amide bonds. The molecule has 2 heterocycles. The van der Waals surface area contributed by atoms with Gasteiger partial charge in [0.25, 0.3) is 0 Å². The molecule has 0 saturated heterocycles. The van der Waals surface area contributed by atoms with Crippen molar-refractivity contribution < 1.29 is 17.9 Å². The Morgan fingerprint density at radius 1 is 1.00 bits per heavy atom. The molecule has 0 atom stereocenters. The highest BCUT2D eigenvalue weighted by atomic mass is 19.4. The summed E-state index contributed by atoms with van der Waals surface area (Å²) in [6.07, 6.45) is -0.746. The Hall–Kier alpha value is -2.18. The van der Waals surface area contributed by atoms with Gasteiger partial charge in [-0.2, -0.15) is 13.2 Å². The average molecular weight is 255 g/mol. The topological polar surface area (TPSA) is 47.9 Å². The van der Waals surface area contributed by atoms with Gasteiger partial charge in [-0.05, 0) is 12.1 Å². The maximum atomic E-state index is 12.3. The highest BCUT2D eigenvalue weighted by Crippen LogP contribution is 2.29. The number of nitrogens with zero attached hydrogens (tertiary/aromatic N) is 3. The third kappa shape index (κ3) is 2.55. The smallest absolute Gasteiger partial charge is 0.417 e. The Bertz CT molecular complexity index is 523. The van der Waals surface area contributed by atoms with E-state index < -0.39 is 11.7 Å². The molecule has 0 N–H and O–H groups in total. The largest absolute Gasteiger partial charge is 0.467 e. The summed E-state index contributed by atoms with van der Waals surface area (Å²) >= 11 is 0. The lowest BCUT2D eigenvalue weighted by Crippen LogP contribution is -2.05. The van der Waals surface area contributed by atoms with E-state index in [9.17, 15) is 13.2 Å². The van der Waals surface area contributed by atoms with Crippen LogP contribution in [0, 0.1) is 0 Å². The standard InChI is InChI=1S/C11H8F3N3O/c1-18-10-16-4-7(5-17-10)9-3-2-8(6-15-9)11(12,13)14/h2-6H,1H3. The molecule has 18 heavy (non-hydrogen) atoms. The first-order chi connectivity index (χ1) is 8.50. The molecule has 2 rings (SSSR count). The number of methoxy groups -OCH3 is 1. The number of hydrogen-bond donors (Lipinski definition) is 0. The van der Waals surface area contributed by atoms with Crippen molar-refractivity contribution in [3.63, 3.8) is 0 Å². The summed E-state index contributed by atoms with van der Waals surface area (Å²) in [5.74, 6) is 0. The lowest BCUT2D eigenvalue weighted by atomic mass is 10.2. The molecule has 0 saturated carbocycles. The van der Waals surface area contributed by atoms with Gasteiger partial charge in [0, 0.05) is 24.2 Å². The maximum absolute atomic E-state index is 12.3. The minimum absolute atomic E-state index is 0.186. The SMILES string of the molecule is COc1ncc(-c2ccc(C(F)(F)F)cn2)cn1. The van der Waals surface area contributed by atoms with Crippen LogP contribution < -0.4 is 4.74 Å². The van der Waals surface area contributed by atoms with Gasteiger partial charge in [0.15, 0.2) is 0 Å². The van der Waals surface area contributed by atoms with E-state index in [-0.39, 0.29) is 6.01 Å². The lowest BCUT2D eigenvalue weighted by Gasteiger charge is -2.06. The van der Waals surface area contributed by atoms with Crippen molar-refractivity contribution in [2.45, 2.75) is 6.18 Å². The summed E-state index contributed by atoms with van der Waals surface area (Å²) in [6.45, 7) is 0. The van der Waals surface area contributed by atoms with Crippen molar-refractivity contribution in [2.75, 3.05) is 7.11 Å². The van der Waals surface area contributed by atoms with Crippen LogP contribution >= 0.6 is 0 Å². The molecule has 0 aliphatic carbocycles. The van der Waals surface area contributed by atoms with E-state index in [1.807, 2.05) is 0 Å². The molecule has 0 fully saturated rings. The second-order valence-corrected chi connectivity index (χ2v) is 3.39. The molecule has 4 nitrogen and oxygen atoms in total. The Morgan fingerprint density at radius 3 is 2.11 bits per heavy atom. The fourth-order valence-electron chi connectivity index (χ4n) is 1.29. The molecular formula is C11H8F3N3O. The van der Waals surface area contributed by atoms with Gasteiger partial charge in [0.05, 0.1) is 18.4 Å². The Balaban J connectivity index is 2.28. The molecule has 0 spiro atoms. The summed E-state index contributed by atoms with van der Waals surface area (Å²) in [7, 11) is 1.42. The predicted octanol–water partition coefficient (Wildman–Crippen LogP) is 2.57. The van der Waals surface area contributed by atoms with Gasteiger partial charge >= 0.3 is 12.2 Å². The molecule has 0 bridgehead atoms. The number of aromatic nitrogens is 3. The van der Waals surface area contributed by atoms with Crippen molar-refractivity contribution >= 4 is 0 Å². The normalized spacial score (nSPS) is 11.3. The molecule has 0 radical (unpaired) electrons. The molecule has 0 unspecified atom stereocenters. The summed E-state index contributed by atoms with van der Waals surface area (Å²) in [5.41, 5.74) is 0.0934. The summed E-state index contributed by atoms with van der Waals surface area (Å²) in [6, 6.07) is 2.42. The highest BCUT2D eigenvalue weighted by molar-refractivity contribution is 5.56. The Kier molecular flexibility index (Phi) is 3.14. The molecule has 7 heteroatoms. The first kappa shape index (κ1) is 12.3. The van der Waals surface area contributed by atoms with Crippen molar-refractivity contribution in [2.24, 2.45) is 0 Å². The van der Waals surface area contributed by atoms with Crippen LogP contribution in [0.25, 0.3) is 11.3 Å². The van der Waals surface area contributed by atoms with Crippen molar-refractivity contribution in [1.29, 1.82) is 0 Å². The molecular weight excluding hydrogens is 247 g/mol. The summed E-state index contributed by atoms with van der Waals surface area (Å²) in [4.78, 5) is 11.4. The van der Waals surface area contributed by atoms with E-state index in [0.29, 0.717) is 11.3 Å². The molecule has 2 aromatic heterocycles. The van der Waals surface area contributed by atoms with Crippen molar-refractivity contribution in [3.8, 4) is 17.3 Å².